The maximum Gasteiger partial charge on any atom is 0.225 e. The highest BCUT2D eigenvalue weighted by molar-refractivity contribution is 5.92. The van der Waals surface area contributed by atoms with Gasteiger partial charge < -0.3 is 15.1 Å². The topological polar surface area (TPSA) is 96.1 Å². The molecule has 1 N–H and O–H groups in total. The summed E-state index contributed by atoms with van der Waals surface area (Å²) in [7, 11) is 0. The standard InChI is InChI=1S/C21H22N6O/c22-15-17-5-1-2-7-19(17)25-20(28)8-12-26-10-4-11-27(14-13-26)21-18(16-23)6-3-9-24-21/h1-3,5-7,9H,4,8,10-14H2,(H,25,28). The van der Waals surface area contributed by atoms with Gasteiger partial charge >= 0.3 is 0 Å². The predicted molar refractivity (Wildman–Crippen MR) is 107 cm³/mol. The monoisotopic (exact) mass is 374 g/mol. The van der Waals surface area contributed by atoms with Crippen LogP contribution < -0.4 is 10.2 Å². The molecule has 7 nitrogen and oxygen atoms in total. The summed E-state index contributed by atoms with van der Waals surface area (Å²) in [5, 5.41) is 21.2. The highest BCUT2D eigenvalue weighted by Crippen LogP contribution is 2.18. The molecule has 0 atom stereocenters. The SMILES string of the molecule is N#Cc1ccccc1NC(=O)CCN1CCCN(c2ncccc2C#N)CC1. The molecule has 1 aliphatic heterocycles. The van der Waals surface area contributed by atoms with Crippen molar-refractivity contribution in [1.29, 1.82) is 10.5 Å². The molecule has 7 heteroatoms. The van der Waals surface area contributed by atoms with Crippen LogP contribution in [0.15, 0.2) is 42.6 Å². The molecule has 0 aliphatic carbocycles. The Morgan fingerprint density at radius 1 is 1.04 bits per heavy atom. The van der Waals surface area contributed by atoms with Gasteiger partial charge in [-0.1, -0.05) is 12.1 Å². The Morgan fingerprint density at radius 2 is 1.82 bits per heavy atom. The van der Waals surface area contributed by atoms with Crippen molar-refractivity contribution in [2.75, 3.05) is 42.9 Å². The van der Waals surface area contributed by atoms with Crippen molar-refractivity contribution in [3.63, 3.8) is 0 Å². The average Bonchev–Trinajstić information content (AvgIpc) is 2.98. The van der Waals surface area contributed by atoms with Crippen LogP contribution in [-0.4, -0.2) is 48.5 Å². The Balaban J connectivity index is 1.52. The van der Waals surface area contributed by atoms with Crippen molar-refractivity contribution >= 4 is 17.4 Å². The van der Waals surface area contributed by atoms with Crippen LogP contribution in [0.4, 0.5) is 11.5 Å². The van der Waals surface area contributed by atoms with Gasteiger partial charge in [-0.2, -0.15) is 10.5 Å². The zero-order valence-corrected chi connectivity index (χ0v) is 15.6. The molecule has 28 heavy (non-hydrogen) atoms. The van der Waals surface area contributed by atoms with Crippen LogP contribution in [0.1, 0.15) is 24.0 Å². The maximum absolute atomic E-state index is 12.3. The number of hydrogen-bond donors (Lipinski definition) is 1. The van der Waals surface area contributed by atoms with E-state index in [4.69, 9.17) is 5.26 Å². The number of carbonyl (C=O) groups excluding carboxylic acids is 1. The van der Waals surface area contributed by atoms with Crippen molar-refractivity contribution in [2.24, 2.45) is 0 Å². The Morgan fingerprint density at radius 3 is 2.64 bits per heavy atom. The molecule has 2 heterocycles. The van der Waals surface area contributed by atoms with Gasteiger partial charge in [0, 0.05) is 38.8 Å². The average molecular weight is 374 g/mol. The van der Waals surface area contributed by atoms with E-state index in [2.05, 4.69) is 32.2 Å². The normalized spacial score (nSPS) is 14.6. The molecule has 0 radical (unpaired) electrons. The zero-order chi connectivity index (χ0) is 19.8. The van der Waals surface area contributed by atoms with Gasteiger partial charge in [-0.05, 0) is 37.2 Å². The summed E-state index contributed by atoms with van der Waals surface area (Å²) in [5.74, 6) is 0.637. The van der Waals surface area contributed by atoms with Crippen molar-refractivity contribution in [1.82, 2.24) is 9.88 Å². The molecule has 0 spiro atoms. The molecular formula is C21H22N6O. The first kappa shape index (κ1) is 19.3. The molecule has 142 valence electrons. The number of amides is 1. The number of nitrogens with one attached hydrogen (secondary N) is 1. The molecule has 1 fully saturated rings. The van der Waals surface area contributed by atoms with E-state index in [0.29, 0.717) is 29.8 Å². The molecule has 0 bridgehead atoms. The van der Waals surface area contributed by atoms with Gasteiger partial charge in [0.15, 0.2) is 0 Å². The molecule has 1 aromatic heterocycles. The van der Waals surface area contributed by atoms with Crippen molar-refractivity contribution < 1.29 is 4.79 Å². The van der Waals surface area contributed by atoms with Gasteiger partial charge in [0.1, 0.15) is 18.0 Å². The number of aromatic nitrogens is 1. The molecule has 1 aromatic carbocycles. The van der Waals surface area contributed by atoms with E-state index < -0.39 is 0 Å². The van der Waals surface area contributed by atoms with Gasteiger partial charge in [-0.25, -0.2) is 4.98 Å². The number of carbonyl (C=O) groups is 1. The second kappa shape index (κ2) is 9.50. The van der Waals surface area contributed by atoms with Crippen LogP contribution in [0.2, 0.25) is 0 Å². The number of pyridine rings is 1. The first-order valence-electron chi connectivity index (χ1n) is 9.32. The summed E-state index contributed by atoms with van der Waals surface area (Å²) in [4.78, 5) is 21.0. The predicted octanol–water partition coefficient (Wildman–Crippen LogP) is 2.37. The number of hydrogen-bond acceptors (Lipinski definition) is 6. The number of nitrogens with zero attached hydrogens (tertiary/aromatic N) is 5. The highest BCUT2D eigenvalue weighted by Gasteiger charge is 2.19. The van der Waals surface area contributed by atoms with Gasteiger partial charge in [-0.15, -0.1) is 0 Å². The van der Waals surface area contributed by atoms with E-state index in [1.54, 1.807) is 42.6 Å². The van der Waals surface area contributed by atoms with Crippen LogP contribution in [0.3, 0.4) is 0 Å². The smallest absolute Gasteiger partial charge is 0.225 e. The molecule has 1 aliphatic rings. The van der Waals surface area contributed by atoms with E-state index in [1.807, 2.05) is 0 Å². The Kier molecular flexibility index (Phi) is 6.56. The van der Waals surface area contributed by atoms with Crippen LogP contribution in [0, 0.1) is 22.7 Å². The lowest BCUT2D eigenvalue weighted by atomic mass is 10.2. The van der Waals surface area contributed by atoms with Crippen LogP contribution >= 0.6 is 0 Å². The lowest BCUT2D eigenvalue weighted by Gasteiger charge is -2.23. The fourth-order valence-electron chi connectivity index (χ4n) is 3.30. The highest BCUT2D eigenvalue weighted by atomic mass is 16.1. The minimum atomic E-state index is -0.0969. The Bertz CT molecular complexity index is 914. The lowest BCUT2D eigenvalue weighted by molar-refractivity contribution is -0.116. The zero-order valence-electron chi connectivity index (χ0n) is 15.6. The number of rotatable bonds is 5. The molecule has 1 saturated heterocycles. The lowest BCUT2D eigenvalue weighted by Crippen LogP contribution is -2.33. The van der Waals surface area contributed by atoms with Crippen LogP contribution in [0.25, 0.3) is 0 Å². The molecule has 0 unspecified atom stereocenters. The maximum atomic E-state index is 12.3. The van der Waals surface area contributed by atoms with E-state index in [1.165, 1.54) is 0 Å². The second-order valence-electron chi connectivity index (χ2n) is 6.62. The molecule has 3 rings (SSSR count). The van der Waals surface area contributed by atoms with Crippen LogP contribution in [0.5, 0.6) is 0 Å². The first-order valence-corrected chi connectivity index (χ1v) is 9.32. The largest absolute Gasteiger partial charge is 0.354 e. The molecule has 2 aromatic rings. The first-order chi connectivity index (χ1) is 13.7. The molecule has 1 amide bonds. The minimum Gasteiger partial charge on any atom is -0.354 e. The van der Waals surface area contributed by atoms with Gasteiger partial charge in [0.2, 0.25) is 5.91 Å². The fraction of sp³-hybridized carbons (Fsp3) is 0.333. The minimum absolute atomic E-state index is 0.0969. The summed E-state index contributed by atoms with van der Waals surface area (Å²) in [6.07, 6.45) is 3.02. The Hall–Kier alpha value is -3.42. The summed E-state index contributed by atoms with van der Waals surface area (Å²) < 4.78 is 0. The summed E-state index contributed by atoms with van der Waals surface area (Å²) in [5.41, 5.74) is 1.60. The van der Waals surface area contributed by atoms with Crippen LogP contribution in [-0.2, 0) is 4.79 Å². The quantitative estimate of drug-likeness (QED) is 0.863. The Labute approximate surface area is 164 Å². The van der Waals surface area contributed by atoms with Crippen molar-refractivity contribution in [3.8, 4) is 12.1 Å². The summed E-state index contributed by atoms with van der Waals surface area (Å²) in [6, 6.07) is 14.8. The third kappa shape index (κ3) is 4.85. The van der Waals surface area contributed by atoms with E-state index in [9.17, 15) is 10.1 Å². The van der Waals surface area contributed by atoms with E-state index in [-0.39, 0.29) is 5.91 Å². The summed E-state index contributed by atoms with van der Waals surface area (Å²) >= 11 is 0. The molecule has 0 saturated carbocycles. The fourth-order valence-corrected chi connectivity index (χ4v) is 3.30. The van der Waals surface area contributed by atoms with Gasteiger partial charge in [0.25, 0.3) is 0 Å². The van der Waals surface area contributed by atoms with E-state index >= 15 is 0 Å². The van der Waals surface area contributed by atoms with E-state index in [0.717, 1.165) is 38.4 Å². The number of para-hydroxylation sites is 1. The summed E-state index contributed by atoms with van der Waals surface area (Å²) in [6.45, 7) is 3.97. The number of anilines is 2. The third-order valence-corrected chi connectivity index (χ3v) is 4.77. The second-order valence-corrected chi connectivity index (χ2v) is 6.62. The number of nitriles is 2. The van der Waals surface area contributed by atoms with Crippen molar-refractivity contribution in [2.45, 2.75) is 12.8 Å². The van der Waals surface area contributed by atoms with Crippen molar-refractivity contribution in [3.05, 3.63) is 53.7 Å². The van der Waals surface area contributed by atoms with Gasteiger partial charge in [0.05, 0.1) is 16.8 Å². The number of benzene rings is 1. The third-order valence-electron chi connectivity index (χ3n) is 4.77. The molecular weight excluding hydrogens is 352 g/mol. The van der Waals surface area contributed by atoms with Gasteiger partial charge in [-0.3, -0.25) is 4.79 Å².